The van der Waals surface area contributed by atoms with Crippen LogP contribution in [0.1, 0.15) is 44.1 Å². The quantitative estimate of drug-likeness (QED) is 0.595. The Morgan fingerprint density at radius 1 is 1.07 bits per heavy atom. The Bertz CT molecular complexity index is 1100. The van der Waals surface area contributed by atoms with Crippen molar-refractivity contribution in [3.8, 4) is 5.75 Å². The van der Waals surface area contributed by atoms with Gasteiger partial charge in [0, 0.05) is 23.0 Å². The number of benzene rings is 2. The minimum absolute atomic E-state index is 0.0305. The molecule has 0 radical (unpaired) electrons. The van der Waals surface area contributed by atoms with E-state index in [1.807, 2.05) is 12.1 Å². The highest BCUT2D eigenvalue weighted by atomic mass is 35.5. The summed E-state index contributed by atoms with van der Waals surface area (Å²) < 4.78 is 6.33. The Hall–Kier alpha value is -2.30. The number of nitrogens with two attached hydrogens (primary N) is 1. The molecule has 5 rings (SSSR count). The lowest BCUT2D eigenvalue weighted by atomic mass is 9.63. The fraction of sp³-hybridized carbons (Fsp3) is 0.400. The SMILES string of the molecule is NC(C1CC1)[C@]1(c2ccccc2)CC[C@H](Oc2cc3cc[nH]c(=O)c3cc2Cl)CC1. The van der Waals surface area contributed by atoms with E-state index in [1.165, 1.54) is 18.4 Å². The Kier molecular flexibility index (Phi) is 5.08. The van der Waals surface area contributed by atoms with E-state index < -0.39 is 0 Å². The van der Waals surface area contributed by atoms with E-state index in [1.54, 1.807) is 12.3 Å². The first-order chi connectivity index (χ1) is 14.6. The molecular formula is C25H27ClN2O2. The van der Waals surface area contributed by atoms with Gasteiger partial charge in [0.15, 0.2) is 0 Å². The maximum Gasteiger partial charge on any atom is 0.255 e. The number of aromatic nitrogens is 1. The van der Waals surface area contributed by atoms with Crippen LogP contribution in [0, 0.1) is 5.92 Å². The molecule has 0 spiro atoms. The first-order valence-electron chi connectivity index (χ1n) is 10.9. The molecule has 156 valence electrons. The zero-order valence-electron chi connectivity index (χ0n) is 16.9. The molecule has 3 N–H and O–H groups in total. The number of ether oxygens (including phenoxy) is 1. The second-order valence-corrected chi connectivity index (χ2v) is 9.29. The van der Waals surface area contributed by atoms with Crippen LogP contribution in [-0.4, -0.2) is 17.1 Å². The van der Waals surface area contributed by atoms with Crippen molar-refractivity contribution in [2.24, 2.45) is 11.7 Å². The number of hydrogen-bond donors (Lipinski definition) is 2. The first kappa shape index (κ1) is 19.7. The summed E-state index contributed by atoms with van der Waals surface area (Å²) in [5.74, 6) is 1.30. The van der Waals surface area contributed by atoms with Gasteiger partial charge in [-0.25, -0.2) is 0 Å². The topological polar surface area (TPSA) is 68.1 Å². The minimum atomic E-state index is -0.139. The predicted molar refractivity (Wildman–Crippen MR) is 121 cm³/mol. The maximum absolute atomic E-state index is 12.0. The highest BCUT2D eigenvalue weighted by Gasteiger charge is 2.47. The van der Waals surface area contributed by atoms with E-state index in [-0.39, 0.29) is 23.1 Å². The molecule has 2 aliphatic carbocycles. The van der Waals surface area contributed by atoms with Crippen LogP contribution in [-0.2, 0) is 5.41 Å². The predicted octanol–water partition coefficient (Wildman–Crippen LogP) is 5.18. The van der Waals surface area contributed by atoms with Gasteiger partial charge in [-0.3, -0.25) is 4.79 Å². The van der Waals surface area contributed by atoms with Crippen molar-refractivity contribution in [3.05, 3.63) is 75.7 Å². The van der Waals surface area contributed by atoms with Crippen molar-refractivity contribution in [2.45, 2.75) is 56.1 Å². The van der Waals surface area contributed by atoms with Crippen molar-refractivity contribution >= 4 is 22.4 Å². The molecule has 1 unspecified atom stereocenters. The zero-order valence-corrected chi connectivity index (χ0v) is 17.7. The Morgan fingerprint density at radius 3 is 2.50 bits per heavy atom. The third-order valence-corrected chi connectivity index (χ3v) is 7.36. The van der Waals surface area contributed by atoms with Crippen LogP contribution >= 0.6 is 11.6 Å². The van der Waals surface area contributed by atoms with Gasteiger partial charge in [0.05, 0.1) is 11.1 Å². The Morgan fingerprint density at radius 2 is 1.80 bits per heavy atom. The van der Waals surface area contributed by atoms with E-state index in [0.29, 0.717) is 22.1 Å². The number of aromatic amines is 1. The Balaban J connectivity index is 1.37. The molecule has 2 aromatic carbocycles. The molecule has 30 heavy (non-hydrogen) atoms. The summed E-state index contributed by atoms with van der Waals surface area (Å²) >= 11 is 6.45. The number of rotatable bonds is 5. The fourth-order valence-electron chi connectivity index (χ4n) is 5.17. The minimum Gasteiger partial charge on any atom is -0.489 e. The van der Waals surface area contributed by atoms with Crippen LogP contribution in [0.25, 0.3) is 10.8 Å². The van der Waals surface area contributed by atoms with Crippen LogP contribution < -0.4 is 16.0 Å². The molecule has 2 fully saturated rings. The molecule has 0 amide bonds. The molecule has 5 heteroatoms. The summed E-state index contributed by atoms with van der Waals surface area (Å²) in [6.07, 6.45) is 8.18. The lowest BCUT2D eigenvalue weighted by Crippen LogP contribution is -2.50. The summed E-state index contributed by atoms with van der Waals surface area (Å²) in [7, 11) is 0. The third-order valence-electron chi connectivity index (χ3n) is 7.06. The number of hydrogen-bond acceptors (Lipinski definition) is 3. The van der Waals surface area contributed by atoms with E-state index in [4.69, 9.17) is 22.1 Å². The smallest absolute Gasteiger partial charge is 0.255 e. The Labute approximate surface area is 181 Å². The molecule has 1 aromatic heterocycles. The van der Waals surface area contributed by atoms with E-state index in [0.717, 1.165) is 31.1 Å². The van der Waals surface area contributed by atoms with Crippen molar-refractivity contribution in [2.75, 3.05) is 0 Å². The van der Waals surface area contributed by atoms with Gasteiger partial charge in [0.1, 0.15) is 5.75 Å². The molecular weight excluding hydrogens is 396 g/mol. The van der Waals surface area contributed by atoms with E-state index in [9.17, 15) is 4.79 Å². The van der Waals surface area contributed by atoms with Crippen molar-refractivity contribution in [1.29, 1.82) is 0 Å². The summed E-state index contributed by atoms with van der Waals surface area (Å²) in [5.41, 5.74) is 8.08. The van der Waals surface area contributed by atoms with E-state index in [2.05, 4.69) is 35.3 Å². The van der Waals surface area contributed by atoms with Gasteiger partial charge < -0.3 is 15.5 Å². The van der Waals surface area contributed by atoms with Gasteiger partial charge in [-0.15, -0.1) is 0 Å². The van der Waals surface area contributed by atoms with Gasteiger partial charge in [-0.2, -0.15) is 0 Å². The van der Waals surface area contributed by atoms with Crippen LogP contribution in [0.2, 0.25) is 5.02 Å². The number of H-pyrrole nitrogens is 1. The number of halogens is 1. The normalized spacial score (nSPS) is 25.2. The largest absolute Gasteiger partial charge is 0.489 e. The average Bonchev–Trinajstić information content (AvgIpc) is 3.61. The number of pyridine rings is 1. The molecule has 1 atom stereocenters. The molecule has 0 bridgehead atoms. The monoisotopic (exact) mass is 422 g/mol. The van der Waals surface area contributed by atoms with Crippen LogP contribution in [0.3, 0.4) is 0 Å². The molecule has 0 aliphatic heterocycles. The maximum atomic E-state index is 12.0. The molecule has 4 nitrogen and oxygen atoms in total. The fourth-order valence-corrected chi connectivity index (χ4v) is 5.38. The average molecular weight is 423 g/mol. The third kappa shape index (κ3) is 3.52. The lowest BCUT2D eigenvalue weighted by molar-refractivity contribution is 0.101. The zero-order chi connectivity index (χ0) is 20.7. The summed E-state index contributed by atoms with van der Waals surface area (Å²) in [5, 5.41) is 1.90. The molecule has 2 aliphatic rings. The van der Waals surface area contributed by atoms with Gasteiger partial charge in [-0.05, 0) is 73.6 Å². The van der Waals surface area contributed by atoms with Gasteiger partial charge in [0.2, 0.25) is 0 Å². The van der Waals surface area contributed by atoms with Crippen LogP contribution in [0.4, 0.5) is 0 Å². The number of fused-ring (bicyclic) bond motifs is 1. The molecule has 3 aromatic rings. The van der Waals surface area contributed by atoms with Gasteiger partial charge >= 0.3 is 0 Å². The molecule has 1 heterocycles. The molecule has 0 saturated heterocycles. The van der Waals surface area contributed by atoms with Gasteiger partial charge in [-0.1, -0.05) is 41.9 Å². The second kappa shape index (κ2) is 7.75. The first-order valence-corrected chi connectivity index (χ1v) is 11.2. The lowest BCUT2D eigenvalue weighted by Gasteiger charge is -2.45. The standard InChI is InChI=1S/C25H27ClN2O2/c26-21-15-20-17(10-13-28-24(20)29)14-22(21)30-19-8-11-25(12-9-19,23(27)16-6-7-16)18-4-2-1-3-5-18/h1-5,10,13-16,19,23H,6-9,11-12,27H2,(H,28,29)/t19-,23?,25+. The van der Waals surface area contributed by atoms with Crippen molar-refractivity contribution < 1.29 is 4.74 Å². The summed E-state index contributed by atoms with van der Waals surface area (Å²) in [6.45, 7) is 0. The van der Waals surface area contributed by atoms with Crippen molar-refractivity contribution in [3.63, 3.8) is 0 Å². The molecule has 2 saturated carbocycles. The summed E-state index contributed by atoms with van der Waals surface area (Å²) in [6, 6.07) is 16.4. The summed E-state index contributed by atoms with van der Waals surface area (Å²) in [4.78, 5) is 14.7. The highest BCUT2D eigenvalue weighted by Crippen LogP contribution is 2.49. The van der Waals surface area contributed by atoms with E-state index >= 15 is 0 Å². The van der Waals surface area contributed by atoms with Crippen molar-refractivity contribution in [1.82, 2.24) is 4.98 Å². The highest BCUT2D eigenvalue weighted by molar-refractivity contribution is 6.32. The van der Waals surface area contributed by atoms with Crippen LogP contribution in [0.15, 0.2) is 59.5 Å². The van der Waals surface area contributed by atoms with Gasteiger partial charge in [0.25, 0.3) is 5.56 Å². The van der Waals surface area contributed by atoms with Crippen LogP contribution in [0.5, 0.6) is 5.75 Å². The second-order valence-electron chi connectivity index (χ2n) is 8.88. The number of nitrogens with one attached hydrogen (secondary N) is 1.